The van der Waals surface area contributed by atoms with Crippen LogP contribution in [0.4, 0.5) is 0 Å². The third-order valence-electron chi connectivity index (χ3n) is 4.14. The smallest absolute Gasteiger partial charge is 0.233 e. The van der Waals surface area contributed by atoms with E-state index in [9.17, 15) is 4.79 Å². The molecule has 0 spiro atoms. The second kappa shape index (κ2) is 7.98. The van der Waals surface area contributed by atoms with E-state index in [4.69, 9.17) is 0 Å². The molecule has 0 fully saturated rings. The third-order valence-corrected chi connectivity index (χ3v) is 5.14. The Morgan fingerprint density at radius 1 is 1.16 bits per heavy atom. The topological polar surface area (TPSA) is 51.0 Å². The molecule has 0 saturated heterocycles. The molecule has 5 nitrogen and oxygen atoms in total. The molecule has 0 bridgehead atoms. The molecule has 0 aliphatic rings. The van der Waals surface area contributed by atoms with Gasteiger partial charge in [0, 0.05) is 11.9 Å². The molecule has 0 saturated carbocycles. The standard InChI is InChI=1S/C19H20N4OS/c1-15(16-8-10-17(11-9-16)23-14-20-13-21-23)22(2)19(24)12-25-18-6-4-3-5-7-18/h3-11,13-15H,12H2,1-2H3. The Bertz CT molecular complexity index is 803. The molecular formula is C19H20N4OS. The molecule has 2 aromatic carbocycles. The lowest BCUT2D eigenvalue weighted by atomic mass is 10.1. The summed E-state index contributed by atoms with van der Waals surface area (Å²) >= 11 is 1.56. The molecule has 1 aromatic heterocycles. The van der Waals surface area contributed by atoms with Crippen molar-refractivity contribution in [2.24, 2.45) is 0 Å². The number of carbonyl (C=O) groups is 1. The third kappa shape index (κ3) is 4.28. The monoisotopic (exact) mass is 352 g/mol. The van der Waals surface area contributed by atoms with Crippen molar-refractivity contribution >= 4 is 17.7 Å². The van der Waals surface area contributed by atoms with Crippen LogP contribution in [0.25, 0.3) is 5.69 Å². The Morgan fingerprint density at radius 2 is 1.88 bits per heavy atom. The summed E-state index contributed by atoms with van der Waals surface area (Å²) in [5, 5.41) is 4.12. The maximum atomic E-state index is 12.5. The highest BCUT2D eigenvalue weighted by atomic mass is 32.2. The van der Waals surface area contributed by atoms with Gasteiger partial charge in [-0.15, -0.1) is 11.8 Å². The normalized spacial score (nSPS) is 11.9. The van der Waals surface area contributed by atoms with Crippen LogP contribution in [0.3, 0.4) is 0 Å². The van der Waals surface area contributed by atoms with Gasteiger partial charge in [-0.2, -0.15) is 5.10 Å². The van der Waals surface area contributed by atoms with E-state index in [0.717, 1.165) is 16.1 Å². The van der Waals surface area contributed by atoms with Gasteiger partial charge in [0.05, 0.1) is 17.5 Å². The van der Waals surface area contributed by atoms with Crippen LogP contribution in [0.2, 0.25) is 0 Å². The summed E-state index contributed by atoms with van der Waals surface area (Å²) in [6.07, 6.45) is 3.17. The average Bonchev–Trinajstić information content (AvgIpc) is 3.20. The van der Waals surface area contributed by atoms with Crippen LogP contribution in [-0.4, -0.2) is 38.4 Å². The summed E-state index contributed by atoms with van der Waals surface area (Å²) in [6, 6.07) is 18.0. The molecule has 0 radical (unpaired) electrons. The van der Waals surface area contributed by atoms with E-state index in [1.807, 2.05) is 68.6 Å². The predicted octanol–water partition coefficient (Wildman–Crippen LogP) is 3.58. The van der Waals surface area contributed by atoms with Crippen LogP contribution in [0.15, 0.2) is 72.1 Å². The summed E-state index contributed by atoms with van der Waals surface area (Å²) in [5.74, 6) is 0.545. The minimum Gasteiger partial charge on any atom is -0.338 e. The Kier molecular flexibility index (Phi) is 5.50. The summed E-state index contributed by atoms with van der Waals surface area (Å²) < 4.78 is 1.71. The van der Waals surface area contributed by atoms with Crippen molar-refractivity contribution in [2.75, 3.05) is 12.8 Å². The summed E-state index contributed by atoms with van der Waals surface area (Å²) in [4.78, 5) is 19.3. The lowest BCUT2D eigenvalue weighted by Gasteiger charge is -2.25. The number of hydrogen-bond acceptors (Lipinski definition) is 4. The highest BCUT2D eigenvalue weighted by Crippen LogP contribution is 2.23. The van der Waals surface area contributed by atoms with Crippen LogP contribution in [-0.2, 0) is 4.79 Å². The van der Waals surface area contributed by atoms with Crippen molar-refractivity contribution in [1.29, 1.82) is 0 Å². The number of benzene rings is 2. The maximum Gasteiger partial charge on any atom is 0.233 e. The van der Waals surface area contributed by atoms with Gasteiger partial charge in [-0.25, -0.2) is 9.67 Å². The van der Waals surface area contributed by atoms with E-state index < -0.39 is 0 Å². The van der Waals surface area contributed by atoms with Crippen LogP contribution < -0.4 is 0 Å². The van der Waals surface area contributed by atoms with E-state index in [-0.39, 0.29) is 11.9 Å². The van der Waals surface area contributed by atoms with Crippen LogP contribution in [0, 0.1) is 0 Å². The number of carbonyl (C=O) groups excluding carboxylic acids is 1. The second-order valence-corrected chi connectivity index (χ2v) is 6.76. The van der Waals surface area contributed by atoms with Gasteiger partial charge < -0.3 is 4.90 Å². The molecule has 6 heteroatoms. The zero-order valence-corrected chi connectivity index (χ0v) is 15.1. The zero-order chi connectivity index (χ0) is 17.6. The molecule has 128 valence electrons. The van der Waals surface area contributed by atoms with Crippen LogP contribution >= 0.6 is 11.8 Å². The minimum absolute atomic E-state index is 0.00803. The first kappa shape index (κ1) is 17.2. The zero-order valence-electron chi connectivity index (χ0n) is 14.2. The van der Waals surface area contributed by atoms with E-state index in [1.54, 1.807) is 27.7 Å². The Hall–Kier alpha value is -2.60. The minimum atomic E-state index is 0.00803. The summed E-state index contributed by atoms with van der Waals surface area (Å²) in [7, 11) is 1.85. The lowest BCUT2D eigenvalue weighted by molar-refractivity contribution is -0.128. The lowest BCUT2D eigenvalue weighted by Crippen LogP contribution is -2.31. The van der Waals surface area contributed by atoms with Crippen molar-refractivity contribution < 1.29 is 4.79 Å². The molecule has 1 heterocycles. The van der Waals surface area contributed by atoms with Gasteiger partial charge in [0.1, 0.15) is 12.7 Å². The SMILES string of the molecule is CC(c1ccc(-n2cncn2)cc1)N(C)C(=O)CSc1ccccc1. The van der Waals surface area contributed by atoms with Gasteiger partial charge >= 0.3 is 0 Å². The van der Waals surface area contributed by atoms with Crippen molar-refractivity contribution in [3.8, 4) is 5.69 Å². The Balaban J connectivity index is 1.61. The number of amides is 1. The maximum absolute atomic E-state index is 12.5. The Labute approximate surface area is 151 Å². The number of nitrogens with zero attached hydrogens (tertiary/aromatic N) is 4. The van der Waals surface area contributed by atoms with Gasteiger partial charge in [-0.3, -0.25) is 4.79 Å². The van der Waals surface area contributed by atoms with E-state index >= 15 is 0 Å². The number of hydrogen-bond donors (Lipinski definition) is 0. The number of thioether (sulfide) groups is 1. The summed E-state index contributed by atoms with van der Waals surface area (Å²) in [5.41, 5.74) is 2.03. The number of aromatic nitrogens is 3. The molecule has 0 aliphatic carbocycles. The Morgan fingerprint density at radius 3 is 2.52 bits per heavy atom. The van der Waals surface area contributed by atoms with Gasteiger partial charge in [-0.1, -0.05) is 30.3 Å². The molecule has 0 N–H and O–H groups in total. The fourth-order valence-electron chi connectivity index (χ4n) is 2.45. The van der Waals surface area contributed by atoms with Gasteiger partial charge in [0.2, 0.25) is 5.91 Å². The molecular weight excluding hydrogens is 332 g/mol. The van der Waals surface area contributed by atoms with E-state index in [0.29, 0.717) is 5.75 Å². The first-order chi connectivity index (χ1) is 12.1. The fraction of sp³-hybridized carbons (Fsp3) is 0.211. The first-order valence-electron chi connectivity index (χ1n) is 8.03. The highest BCUT2D eigenvalue weighted by molar-refractivity contribution is 8.00. The van der Waals surface area contributed by atoms with Gasteiger partial charge in [0.15, 0.2) is 0 Å². The first-order valence-corrected chi connectivity index (χ1v) is 9.02. The predicted molar refractivity (Wildman–Crippen MR) is 99.7 cm³/mol. The molecule has 3 aromatic rings. The summed E-state index contributed by atoms with van der Waals surface area (Å²) in [6.45, 7) is 2.04. The average molecular weight is 352 g/mol. The molecule has 25 heavy (non-hydrogen) atoms. The van der Waals surface area contributed by atoms with Crippen LogP contribution in [0.1, 0.15) is 18.5 Å². The van der Waals surface area contributed by atoms with Crippen molar-refractivity contribution in [3.63, 3.8) is 0 Å². The largest absolute Gasteiger partial charge is 0.338 e. The van der Waals surface area contributed by atoms with E-state index in [1.165, 1.54) is 6.33 Å². The highest BCUT2D eigenvalue weighted by Gasteiger charge is 2.17. The van der Waals surface area contributed by atoms with Gasteiger partial charge in [-0.05, 0) is 36.8 Å². The fourth-order valence-corrected chi connectivity index (χ4v) is 3.29. The molecule has 1 atom stereocenters. The van der Waals surface area contributed by atoms with E-state index in [2.05, 4.69) is 10.1 Å². The van der Waals surface area contributed by atoms with Crippen molar-refractivity contribution in [3.05, 3.63) is 72.8 Å². The van der Waals surface area contributed by atoms with Crippen molar-refractivity contribution in [2.45, 2.75) is 17.9 Å². The number of rotatable bonds is 6. The second-order valence-electron chi connectivity index (χ2n) is 5.71. The quantitative estimate of drug-likeness (QED) is 0.636. The van der Waals surface area contributed by atoms with Crippen molar-refractivity contribution in [1.82, 2.24) is 19.7 Å². The molecule has 1 unspecified atom stereocenters. The van der Waals surface area contributed by atoms with Gasteiger partial charge in [0.25, 0.3) is 0 Å². The van der Waals surface area contributed by atoms with Crippen LogP contribution in [0.5, 0.6) is 0 Å². The molecule has 3 rings (SSSR count). The molecule has 1 amide bonds. The molecule has 0 aliphatic heterocycles.